The number of Topliss-reactive ketones (excluding diaryl/α,β-unsaturated/α-hetero) is 1. The summed E-state index contributed by atoms with van der Waals surface area (Å²) in [5.41, 5.74) is 0.945. The molecule has 0 bridgehead atoms. The number of ether oxygens (including phenoxy) is 1. The van der Waals surface area contributed by atoms with Crippen LogP contribution in [0, 0.1) is 0 Å². The molecular weight excluding hydrogens is 360 g/mol. The van der Waals surface area contributed by atoms with Gasteiger partial charge in [-0.1, -0.05) is 28.1 Å². The van der Waals surface area contributed by atoms with E-state index in [1.807, 2.05) is 24.3 Å². The lowest BCUT2D eigenvalue weighted by atomic mass is 9.88. The van der Waals surface area contributed by atoms with Gasteiger partial charge in [0, 0.05) is 42.3 Å². The van der Waals surface area contributed by atoms with Gasteiger partial charge in [0.05, 0.1) is 0 Å². The fraction of sp³-hybridized carbons (Fsp3) is 0.235. The molecule has 6 heteroatoms. The molecule has 1 aromatic carbocycles. The maximum Gasteiger partial charge on any atom is 0.331 e. The second-order valence-corrected chi connectivity index (χ2v) is 6.32. The zero-order chi connectivity index (χ0) is 16.4. The number of halogens is 1. The standard InChI is InChI=1S/C17H15BrN2O3/c1-20-9-8-19-17(20)14(21)10-13(15-6-7-16(22)23-15)11-2-4-12(18)5-3-11/h2-9,13,15H,10H2,1H3/t13-,15-/m1/s1. The Bertz CT molecular complexity index is 764. The molecule has 0 amide bonds. The molecule has 5 nitrogen and oxygen atoms in total. The summed E-state index contributed by atoms with van der Waals surface area (Å²) in [6.07, 6.45) is 6.22. The largest absolute Gasteiger partial charge is 0.454 e. The summed E-state index contributed by atoms with van der Waals surface area (Å²) >= 11 is 3.40. The number of benzene rings is 1. The molecule has 0 spiro atoms. The van der Waals surface area contributed by atoms with E-state index in [2.05, 4.69) is 20.9 Å². The minimum absolute atomic E-state index is 0.0817. The van der Waals surface area contributed by atoms with Crippen molar-refractivity contribution in [2.75, 3.05) is 0 Å². The number of carbonyl (C=O) groups excluding carboxylic acids is 2. The number of aryl methyl sites for hydroxylation is 1. The Morgan fingerprint density at radius 3 is 2.70 bits per heavy atom. The number of esters is 1. The van der Waals surface area contributed by atoms with E-state index in [1.165, 1.54) is 6.08 Å². The van der Waals surface area contributed by atoms with Crippen LogP contribution in [0.2, 0.25) is 0 Å². The van der Waals surface area contributed by atoms with Crippen molar-refractivity contribution in [2.45, 2.75) is 18.4 Å². The smallest absolute Gasteiger partial charge is 0.331 e. The van der Waals surface area contributed by atoms with Gasteiger partial charge in [0.1, 0.15) is 6.10 Å². The predicted molar refractivity (Wildman–Crippen MR) is 88.1 cm³/mol. The normalized spacial score (nSPS) is 18.0. The minimum atomic E-state index is -0.437. The summed E-state index contributed by atoms with van der Waals surface area (Å²) < 4.78 is 7.96. The molecule has 0 fully saturated rings. The van der Waals surface area contributed by atoms with Gasteiger partial charge in [0.15, 0.2) is 11.6 Å². The Kier molecular flexibility index (Phi) is 4.43. The van der Waals surface area contributed by atoms with E-state index in [0.717, 1.165) is 10.0 Å². The second-order valence-electron chi connectivity index (χ2n) is 5.41. The van der Waals surface area contributed by atoms with Crippen LogP contribution >= 0.6 is 15.9 Å². The van der Waals surface area contributed by atoms with E-state index in [9.17, 15) is 9.59 Å². The second kappa shape index (κ2) is 6.50. The van der Waals surface area contributed by atoms with Crippen LogP contribution in [0.1, 0.15) is 28.5 Å². The first kappa shape index (κ1) is 15.7. The van der Waals surface area contributed by atoms with Crippen molar-refractivity contribution in [3.05, 3.63) is 64.7 Å². The van der Waals surface area contributed by atoms with Gasteiger partial charge in [-0.05, 0) is 23.8 Å². The van der Waals surface area contributed by atoms with Gasteiger partial charge in [-0.2, -0.15) is 0 Å². The number of ketones is 1. The number of hydrogen-bond donors (Lipinski definition) is 0. The van der Waals surface area contributed by atoms with Crippen molar-refractivity contribution in [3.63, 3.8) is 0 Å². The Balaban J connectivity index is 1.87. The highest BCUT2D eigenvalue weighted by molar-refractivity contribution is 9.10. The van der Waals surface area contributed by atoms with Crippen LogP contribution in [0.5, 0.6) is 0 Å². The summed E-state index contributed by atoms with van der Waals surface area (Å²) in [4.78, 5) is 28.1. The fourth-order valence-corrected chi connectivity index (χ4v) is 2.93. The fourth-order valence-electron chi connectivity index (χ4n) is 2.66. The summed E-state index contributed by atoms with van der Waals surface area (Å²) in [5.74, 6) is -0.293. The van der Waals surface area contributed by atoms with Gasteiger partial charge in [0.25, 0.3) is 0 Å². The summed E-state index contributed by atoms with van der Waals surface area (Å²) in [6, 6.07) is 7.68. The Labute approximate surface area is 142 Å². The van der Waals surface area contributed by atoms with Crippen LogP contribution in [0.25, 0.3) is 0 Å². The molecule has 0 saturated carbocycles. The quantitative estimate of drug-likeness (QED) is 0.596. The highest BCUT2D eigenvalue weighted by Crippen LogP contribution is 2.31. The molecule has 0 radical (unpaired) electrons. The molecule has 2 aromatic rings. The molecule has 3 rings (SSSR count). The summed E-state index contributed by atoms with van der Waals surface area (Å²) in [6.45, 7) is 0. The third-order valence-corrected chi connectivity index (χ3v) is 4.37. The molecule has 2 heterocycles. The van der Waals surface area contributed by atoms with E-state index in [1.54, 1.807) is 30.1 Å². The van der Waals surface area contributed by atoms with Gasteiger partial charge in [-0.15, -0.1) is 0 Å². The monoisotopic (exact) mass is 374 g/mol. The van der Waals surface area contributed by atoms with Gasteiger partial charge in [-0.3, -0.25) is 4.79 Å². The molecule has 23 heavy (non-hydrogen) atoms. The third kappa shape index (κ3) is 3.42. The number of hydrogen-bond acceptors (Lipinski definition) is 4. The number of aromatic nitrogens is 2. The maximum atomic E-state index is 12.6. The first-order chi connectivity index (χ1) is 11.0. The van der Waals surface area contributed by atoms with Crippen molar-refractivity contribution < 1.29 is 14.3 Å². The van der Waals surface area contributed by atoms with E-state index in [4.69, 9.17) is 4.74 Å². The molecule has 2 atom stereocenters. The Hall–Kier alpha value is -2.21. The Morgan fingerprint density at radius 1 is 1.39 bits per heavy atom. The van der Waals surface area contributed by atoms with E-state index >= 15 is 0 Å². The molecule has 1 aliphatic rings. The number of rotatable bonds is 5. The van der Waals surface area contributed by atoms with Gasteiger partial charge >= 0.3 is 5.97 Å². The minimum Gasteiger partial charge on any atom is -0.454 e. The van der Waals surface area contributed by atoms with Crippen molar-refractivity contribution in [1.82, 2.24) is 9.55 Å². The van der Waals surface area contributed by atoms with Crippen molar-refractivity contribution in [3.8, 4) is 0 Å². The lowest BCUT2D eigenvalue weighted by Crippen LogP contribution is -2.23. The molecule has 1 aliphatic heterocycles. The van der Waals surface area contributed by atoms with Crippen LogP contribution in [-0.4, -0.2) is 27.4 Å². The summed E-state index contributed by atoms with van der Waals surface area (Å²) in [5, 5.41) is 0. The van der Waals surface area contributed by atoms with Crippen LogP contribution in [0.3, 0.4) is 0 Å². The molecular formula is C17H15BrN2O3. The number of nitrogens with zero attached hydrogens (tertiary/aromatic N) is 2. The highest BCUT2D eigenvalue weighted by Gasteiger charge is 2.31. The molecule has 118 valence electrons. The average molecular weight is 375 g/mol. The molecule has 0 unspecified atom stereocenters. The van der Waals surface area contributed by atoms with Gasteiger partial charge in [0.2, 0.25) is 0 Å². The zero-order valence-corrected chi connectivity index (χ0v) is 14.1. The Morgan fingerprint density at radius 2 is 2.13 bits per heavy atom. The van der Waals surface area contributed by atoms with E-state index in [0.29, 0.717) is 5.82 Å². The van der Waals surface area contributed by atoms with Crippen LogP contribution in [0.15, 0.2) is 53.3 Å². The topological polar surface area (TPSA) is 61.2 Å². The number of cyclic esters (lactones) is 1. The lowest BCUT2D eigenvalue weighted by Gasteiger charge is -2.21. The first-order valence-corrected chi connectivity index (χ1v) is 7.98. The van der Waals surface area contributed by atoms with E-state index in [-0.39, 0.29) is 24.1 Å². The molecule has 0 saturated heterocycles. The number of carbonyl (C=O) groups is 2. The van der Waals surface area contributed by atoms with Crippen molar-refractivity contribution in [2.24, 2.45) is 7.05 Å². The van der Waals surface area contributed by atoms with E-state index < -0.39 is 6.10 Å². The average Bonchev–Trinajstić information content (AvgIpc) is 3.14. The third-order valence-electron chi connectivity index (χ3n) is 3.84. The number of imidazole rings is 1. The molecule has 0 N–H and O–H groups in total. The maximum absolute atomic E-state index is 12.6. The van der Waals surface area contributed by atoms with Gasteiger partial charge in [-0.25, -0.2) is 9.78 Å². The highest BCUT2D eigenvalue weighted by atomic mass is 79.9. The van der Waals surface area contributed by atoms with Crippen LogP contribution < -0.4 is 0 Å². The first-order valence-electron chi connectivity index (χ1n) is 7.19. The van der Waals surface area contributed by atoms with Crippen molar-refractivity contribution >= 4 is 27.7 Å². The molecule has 1 aromatic heterocycles. The summed E-state index contributed by atoms with van der Waals surface area (Å²) in [7, 11) is 1.78. The lowest BCUT2D eigenvalue weighted by molar-refractivity contribution is -0.139. The SMILES string of the molecule is Cn1ccnc1C(=O)C[C@H](c1ccc(Br)cc1)[C@H]1C=CC(=O)O1. The molecule has 0 aliphatic carbocycles. The van der Waals surface area contributed by atoms with Gasteiger partial charge < -0.3 is 9.30 Å². The van der Waals surface area contributed by atoms with Crippen LogP contribution in [0.4, 0.5) is 0 Å². The zero-order valence-electron chi connectivity index (χ0n) is 12.5. The van der Waals surface area contributed by atoms with Crippen LogP contribution in [-0.2, 0) is 16.6 Å². The van der Waals surface area contributed by atoms with Crippen molar-refractivity contribution in [1.29, 1.82) is 0 Å². The predicted octanol–water partition coefficient (Wildman–Crippen LogP) is 3.02.